The summed E-state index contributed by atoms with van der Waals surface area (Å²) in [5, 5.41) is 12.8. The standard InChI is InChI=1S/C14H28N2O2/c1-3-5-6-7-13(15-4-2)14(18)16-10-8-12(17)9-11-16/h12-13,15,17H,3-11H2,1-2H3. The number of nitrogens with one attached hydrogen (secondary N) is 1. The Morgan fingerprint density at radius 2 is 2.00 bits per heavy atom. The summed E-state index contributed by atoms with van der Waals surface area (Å²) in [4.78, 5) is 14.3. The van der Waals surface area contributed by atoms with Crippen molar-refractivity contribution in [3.8, 4) is 0 Å². The number of hydrogen-bond acceptors (Lipinski definition) is 3. The smallest absolute Gasteiger partial charge is 0.239 e. The highest BCUT2D eigenvalue weighted by Crippen LogP contribution is 2.13. The fourth-order valence-corrected chi connectivity index (χ4v) is 2.46. The van der Waals surface area contributed by atoms with E-state index in [2.05, 4.69) is 12.2 Å². The van der Waals surface area contributed by atoms with Crippen LogP contribution in [0, 0.1) is 0 Å². The summed E-state index contributed by atoms with van der Waals surface area (Å²) in [6, 6.07) is -0.0307. The molecule has 1 rings (SSSR count). The van der Waals surface area contributed by atoms with Gasteiger partial charge in [-0.1, -0.05) is 33.1 Å². The van der Waals surface area contributed by atoms with Crippen molar-refractivity contribution in [2.75, 3.05) is 19.6 Å². The number of likely N-dealkylation sites (N-methyl/N-ethyl adjacent to an activating group) is 1. The van der Waals surface area contributed by atoms with Gasteiger partial charge in [-0.05, 0) is 25.8 Å². The van der Waals surface area contributed by atoms with E-state index in [4.69, 9.17) is 0 Å². The van der Waals surface area contributed by atoms with Crippen molar-refractivity contribution in [2.24, 2.45) is 0 Å². The second-order valence-corrected chi connectivity index (χ2v) is 5.16. The number of aliphatic hydroxyl groups excluding tert-OH is 1. The predicted octanol–water partition coefficient (Wildman–Crippen LogP) is 1.53. The Balaban J connectivity index is 2.42. The van der Waals surface area contributed by atoms with Gasteiger partial charge in [-0.2, -0.15) is 0 Å². The van der Waals surface area contributed by atoms with E-state index in [1.165, 1.54) is 12.8 Å². The third kappa shape index (κ3) is 4.94. The molecule has 18 heavy (non-hydrogen) atoms. The fourth-order valence-electron chi connectivity index (χ4n) is 2.46. The number of carbonyl (C=O) groups is 1. The quantitative estimate of drug-likeness (QED) is 0.679. The van der Waals surface area contributed by atoms with Crippen LogP contribution in [0.25, 0.3) is 0 Å². The van der Waals surface area contributed by atoms with Gasteiger partial charge in [0.25, 0.3) is 0 Å². The molecule has 1 heterocycles. The predicted molar refractivity (Wildman–Crippen MR) is 73.4 cm³/mol. The molecule has 1 amide bonds. The van der Waals surface area contributed by atoms with E-state index in [-0.39, 0.29) is 18.1 Å². The highest BCUT2D eigenvalue weighted by atomic mass is 16.3. The van der Waals surface area contributed by atoms with Crippen LogP contribution in [-0.2, 0) is 4.79 Å². The van der Waals surface area contributed by atoms with Gasteiger partial charge in [-0.3, -0.25) is 4.79 Å². The molecule has 1 fully saturated rings. The van der Waals surface area contributed by atoms with Gasteiger partial charge in [0.2, 0.25) is 5.91 Å². The molecule has 0 spiro atoms. The summed E-state index contributed by atoms with van der Waals surface area (Å²) in [7, 11) is 0. The molecule has 1 aliphatic heterocycles. The molecule has 0 aromatic carbocycles. The molecule has 0 aromatic heterocycles. The first-order chi connectivity index (χ1) is 8.69. The van der Waals surface area contributed by atoms with E-state index in [0.717, 1.165) is 32.2 Å². The Morgan fingerprint density at radius 1 is 1.33 bits per heavy atom. The molecule has 1 aliphatic rings. The maximum absolute atomic E-state index is 12.4. The topological polar surface area (TPSA) is 52.6 Å². The van der Waals surface area contributed by atoms with Gasteiger partial charge in [-0.15, -0.1) is 0 Å². The van der Waals surface area contributed by atoms with Crippen LogP contribution < -0.4 is 5.32 Å². The van der Waals surface area contributed by atoms with Crippen molar-refractivity contribution in [3.63, 3.8) is 0 Å². The Labute approximate surface area is 111 Å². The molecular formula is C14H28N2O2. The lowest BCUT2D eigenvalue weighted by Crippen LogP contribution is -2.49. The number of unbranched alkanes of at least 4 members (excludes halogenated alkanes) is 2. The molecule has 0 bridgehead atoms. The first kappa shape index (κ1) is 15.4. The second-order valence-electron chi connectivity index (χ2n) is 5.16. The molecule has 4 nitrogen and oxygen atoms in total. The summed E-state index contributed by atoms with van der Waals surface area (Å²) in [6.45, 7) is 6.46. The average Bonchev–Trinajstić information content (AvgIpc) is 2.38. The third-order valence-corrected chi connectivity index (χ3v) is 3.62. The lowest BCUT2D eigenvalue weighted by Gasteiger charge is -2.32. The summed E-state index contributed by atoms with van der Waals surface area (Å²) in [5.41, 5.74) is 0. The van der Waals surface area contributed by atoms with Gasteiger partial charge in [0.1, 0.15) is 0 Å². The molecule has 0 aromatic rings. The van der Waals surface area contributed by atoms with Crippen LogP contribution in [0.15, 0.2) is 0 Å². The Bertz CT molecular complexity index is 238. The molecule has 1 unspecified atom stereocenters. The second kappa shape index (κ2) is 8.48. The Hall–Kier alpha value is -0.610. The number of nitrogens with zero attached hydrogens (tertiary/aromatic N) is 1. The highest BCUT2D eigenvalue weighted by Gasteiger charge is 2.26. The first-order valence-electron chi connectivity index (χ1n) is 7.39. The zero-order chi connectivity index (χ0) is 13.4. The van der Waals surface area contributed by atoms with E-state index in [1.54, 1.807) is 0 Å². The molecule has 1 saturated heterocycles. The van der Waals surface area contributed by atoms with Gasteiger partial charge in [0.05, 0.1) is 12.1 Å². The number of rotatable bonds is 7. The molecule has 106 valence electrons. The van der Waals surface area contributed by atoms with Crippen LogP contribution in [0.3, 0.4) is 0 Å². The molecule has 0 saturated carbocycles. The Morgan fingerprint density at radius 3 is 2.56 bits per heavy atom. The number of amides is 1. The average molecular weight is 256 g/mol. The molecule has 1 atom stereocenters. The number of carbonyl (C=O) groups excluding carboxylic acids is 1. The van der Waals surface area contributed by atoms with Crippen LogP contribution in [0.5, 0.6) is 0 Å². The van der Waals surface area contributed by atoms with Crippen LogP contribution in [0.2, 0.25) is 0 Å². The molecule has 0 aliphatic carbocycles. The normalized spacial score (nSPS) is 18.9. The number of likely N-dealkylation sites (tertiary alicyclic amines) is 1. The minimum atomic E-state index is -0.216. The van der Waals surface area contributed by atoms with Crippen molar-refractivity contribution in [3.05, 3.63) is 0 Å². The van der Waals surface area contributed by atoms with Gasteiger partial charge in [-0.25, -0.2) is 0 Å². The van der Waals surface area contributed by atoms with E-state index in [0.29, 0.717) is 13.1 Å². The lowest BCUT2D eigenvalue weighted by molar-refractivity contribution is -0.135. The highest BCUT2D eigenvalue weighted by molar-refractivity contribution is 5.82. The summed E-state index contributed by atoms with van der Waals surface area (Å²) in [6.07, 6.45) is 5.64. The zero-order valence-electron chi connectivity index (χ0n) is 11.8. The number of aliphatic hydroxyl groups is 1. The summed E-state index contributed by atoms with van der Waals surface area (Å²) < 4.78 is 0. The van der Waals surface area contributed by atoms with Gasteiger partial charge >= 0.3 is 0 Å². The lowest BCUT2D eigenvalue weighted by atomic mass is 10.0. The van der Waals surface area contributed by atoms with Gasteiger partial charge in [0.15, 0.2) is 0 Å². The maximum Gasteiger partial charge on any atom is 0.239 e. The van der Waals surface area contributed by atoms with E-state index >= 15 is 0 Å². The molecule has 4 heteroatoms. The van der Waals surface area contributed by atoms with Crippen molar-refractivity contribution in [1.29, 1.82) is 0 Å². The van der Waals surface area contributed by atoms with Crippen molar-refractivity contribution >= 4 is 5.91 Å². The monoisotopic (exact) mass is 256 g/mol. The Kier molecular flexibility index (Phi) is 7.28. The summed E-state index contributed by atoms with van der Waals surface area (Å²) >= 11 is 0. The fraction of sp³-hybridized carbons (Fsp3) is 0.929. The number of hydrogen-bond donors (Lipinski definition) is 2. The van der Waals surface area contributed by atoms with E-state index in [1.807, 2.05) is 11.8 Å². The molecule has 0 radical (unpaired) electrons. The van der Waals surface area contributed by atoms with Gasteiger partial charge < -0.3 is 15.3 Å². The van der Waals surface area contributed by atoms with Crippen LogP contribution in [0.1, 0.15) is 52.4 Å². The third-order valence-electron chi connectivity index (χ3n) is 3.62. The SMILES string of the molecule is CCCCCC(NCC)C(=O)N1CCC(O)CC1. The van der Waals surface area contributed by atoms with Crippen molar-refractivity contribution in [2.45, 2.75) is 64.5 Å². The van der Waals surface area contributed by atoms with Crippen LogP contribution in [-0.4, -0.2) is 47.7 Å². The minimum Gasteiger partial charge on any atom is -0.393 e. The van der Waals surface area contributed by atoms with Crippen LogP contribution in [0.4, 0.5) is 0 Å². The maximum atomic E-state index is 12.4. The zero-order valence-corrected chi connectivity index (χ0v) is 11.8. The van der Waals surface area contributed by atoms with E-state index < -0.39 is 0 Å². The minimum absolute atomic E-state index is 0.0307. The molecule has 2 N–H and O–H groups in total. The largest absolute Gasteiger partial charge is 0.393 e. The van der Waals surface area contributed by atoms with Crippen molar-refractivity contribution in [1.82, 2.24) is 10.2 Å². The molecular weight excluding hydrogens is 228 g/mol. The van der Waals surface area contributed by atoms with Gasteiger partial charge in [0, 0.05) is 13.1 Å². The van der Waals surface area contributed by atoms with E-state index in [9.17, 15) is 9.90 Å². The van der Waals surface area contributed by atoms with Crippen LogP contribution >= 0.6 is 0 Å². The number of piperidine rings is 1. The summed E-state index contributed by atoms with van der Waals surface area (Å²) in [5.74, 6) is 0.222. The first-order valence-corrected chi connectivity index (χ1v) is 7.39. The van der Waals surface area contributed by atoms with Crippen molar-refractivity contribution < 1.29 is 9.90 Å².